The van der Waals surface area contributed by atoms with Gasteiger partial charge in [0.2, 0.25) is 5.82 Å². The lowest BCUT2D eigenvalue weighted by atomic mass is 10.1. The van der Waals surface area contributed by atoms with Crippen LogP contribution in [0.2, 0.25) is 0 Å². The lowest BCUT2D eigenvalue weighted by Crippen LogP contribution is -2.02. The van der Waals surface area contributed by atoms with Gasteiger partial charge in [-0.15, -0.1) is 0 Å². The third-order valence-electron chi connectivity index (χ3n) is 2.46. The van der Waals surface area contributed by atoms with Crippen molar-refractivity contribution >= 4 is 6.08 Å². The maximum atomic E-state index is 13.7. The predicted octanol–water partition coefficient (Wildman–Crippen LogP) is 2.75. The topological polar surface area (TPSA) is 27.7 Å². The lowest BCUT2D eigenvalue weighted by Gasteiger charge is -2.07. The van der Waals surface area contributed by atoms with Crippen LogP contribution >= 0.6 is 0 Å². The van der Waals surface area contributed by atoms with E-state index in [2.05, 4.69) is 0 Å². The van der Waals surface area contributed by atoms with Gasteiger partial charge in [-0.05, 0) is 25.1 Å². The van der Waals surface area contributed by atoms with Crippen molar-refractivity contribution in [1.29, 1.82) is 0 Å². The average Bonchev–Trinajstić information content (AvgIpc) is 2.87. The van der Waals surface area contributed by atoms with Crippen molar-refractivity contribution in [3.63, 3.8) is 0 Å². The smallest absolute Gasteiger partial charge is 0.201 e. The highest BCUT2D eigenvalue weighted by molar-refractivity contribution is 5.52. The fraction of sp³-hybridized carbons (Fsp3) is 0.385. The van der Waals surface area contributed by atoms with Crippen molar-refractivity contribution in [2.45, 2.75) is 13.2 Å². The van der Waals surface area contributed by atoms with Crippen LogP contribution < -0.4 is 4.74 Å². The lowest BCUT2D eigenvalue weighted by molar-refractivity contribution is -0.000914. The van der Waals surface area contributed by atoms with Crippen LogP contribution in [0.25, 0.3) is 6.08 Å². The average molecular weight is 256 g/mol. The van der Waals surface area contributed by atoms with Crippen LogP contribution in [-0.2, 0) is 9.47 Å². The van der Waals surface area contributed by atoms with Crippen LogP contribution in [0.1, 0.15) is 12.5 Å². The van der Waals surface area contributed by atoms with Crippen molar-refractivity contribution in [3.8, 4) is 5.75 Å². The molecule has 1 aromatic carbocycles. The third-order valence-corrected chi connectivity index (χ3v) is 2.46. The Bertz CT molecular complexity index is 440. The molecule has 0 aromatic heterocycles. The summed E-state index contributed by atoms with van der Waals surface area (Å²) >= 11 is 0. The second kappa shape index (κ2) is 5.93. The zero-order valence-electron chi connectivity index (χ0n) is 9.99. The molecule has 1 fully saturated rings. The Balaban J connectivity index is 2.15. The van der Waals surface area contributed by atoms with Gasteiger partial charge in [0.05, 0.1) is 19.8 Å². The molecule has 1 aliphatic heterocycles. The minimum absolute atomic E-state index is 0.0829. The van der Waals surface area contributed by atoms with Gasteiger partial charge in [0, 0.05) is 5.56 Å². The molecule has 1 saturated heterocycles. The van der Waals surface area contributed by atoms with Crippen LogP contribution in [0.15, 0.2) is 18.2 Å². The molecule has 0 saturated carbocycles. The molecule has 0 unspecified atom stereocenters. The van der Waals surface area contributed by atoms with E-state index in [1.807, 2.05) is 0 Å². The van der Waals surface area contributed by atoms with Crippen LogP contribution in [0.4, 0.5) is 8.78 Å². The maximum absolute atomic E-state index is 13.7. The molecule has 0 amide bonds. The van der Waals surface area contributed by atoms with E-state index in [1.165, 1.54) is 18.2 Å². The molecule has 98 valence electrons. The number of halogens is 2. The molecule has 0 bridgehead atoms. The molecule has 1 heterocycles. The predicted molar refractivity (Wildman–Crippen MR) is 62.3 cm³/mol. The molecule has 5 heteroatoms. The fourth-order valence-electron chi connectivity index (χ4n) is 1.61. The molecule has 2 rings (SSSR count). The summed E-state index contributed by atoms with van der Waals surface area (Å²) in [7, 11) is 0. The van der Waals surface area contributed by atoms with Gasteiger partial charge in [-0.1, -0.05) is 6.08 Å². The summed E-state index contributed by atoms with van der Waals surface area (Å²) in [4.78, 5) is 0. The summed E-state index contributed by atoms with van der Waals surface area (Å²) in [6, 6.07) is 2.85. The normalized spacial score (nSPS) is 16.6. The number of ether oxygens (including phenoxy) is 3. The zero-order chi connectivity index (χ0) is 13.0. The van der Waals surface area contributed by atoms with E-state index < -0.39 is 17.9 Å². The van der Waals surface area contributed by atoms with Crippen LogP contribution in [-0.4, -0.2) is 26.1 Å². The molecule has 0 radical (unpaired) electrons. The maximum Gasteiger partial charge on any atom is 0.201 e. The Morgan fingerprint density at radius 2 is 2.00 bits per heavy atom. The summed E-state index contributed by atoms with van der Waals surface area (Å²) in [5, 5.41) is 0. The Morgan fingerprint density at radius 1 is 1.28 bits per heavy atom. The number of benzene rings is 1. The molecule has 0 N–H and O–H groups in total. The van der Waals surface area contributed by atoms with E-state index in [0.717, 1.165) is 0 Å². The first-order valence-corrected chi connectivity index (χ1v) is 5.74. The highest BCUT2D eigenvalue weighted by Gasteiger charge is 2.15. The second-order valence-corrected chi connectivity index (χ2v) is 3.68. The standard InChI is InChI=1S/C13H14F2O3/c1-2-16-10-5-3-9(12(14)13(10)15)4-6-11-17-7-8-18-11/h3-6,11H,2,7-8H2,1H3. The fourth-order valence-corrected chi connectivity index (χ4v) is 1.61. The van der Waals surface area contributed by atoms with Crippen LogP contribution in [0.3, 0.4) is 0 Å². The van der Waals surface area contributed by atoms with Gasteiger partial charge in [0.25, 0.3) is 0 Å². The van der Waals surface area contributed by atoms with Crippen LogP contribution in [0, 0.1) is 11.6 Å². The van der Waals surface area contributed by atoms with Crippen LogP contribution in [0.5, 0.6) is 5.75 Å². The van der Waals surface area contributed by atoms with Gasteiger partial charge in [-0.3, -0.25) is 0 Å². The van der Waals surface area contributed by atoms with Gasteiger partial charge in [-0.25, -0.2) is 4.39 Å². The summed E-state index contributed by atoms with van der Waals surface area (Å²) < 4.78 is 42.5. The van der Waals surface area contributed by atoms with Crippen molar-refractivity contribution in [2.24, 2.45) is 0 Å². The van der Waals surface area contributed by atoms with Gasteiger partial charge >= 0.3 is 0 Å². The Kier molecular flexibility index (Phi) is 4.28. The molecular weight excluding hydrogens is 242 g/mol. The highest BCUT2D eigenvalue weighted by Crippen LogP contribution is 2.24. The van der Waals surface area contributed by atoms with Gasteiger partial charge in [-0.2, -0.15) is 4.39 Å². The van der Waals surface area contributed by atoms with Crippen molar-refractivity contribution < 1.29 is 23.0 Å². The largest absolute Gasteiger partial charge is 0.491 e. The Labute approximate surface area is 104 Å². The molecule has 18 heavy (non-hydrogen) atoms. The second-order valence-electron chi connectivity index (χ2n) is 3.68. The first kappa shape index (κ1) is 13.0. The third kappa shape index (κ3) is 2.86. The SMILES string of the molecule is CCOc1ccc(C=CC2OCCO2)c(F)c1F. The van der Waals surface area contributed by atoms with E-state index in [-0.39, 0.29) is 17.9 Å². The van der Waals surface area contributed by atoms with E-state index in [0.29, 0.717) is 13.2 Å². The van der Waals surface area contributed by atoms with Crippen molar-refractivity contribution in [2.75, 3.05) is 19.8 Å². The monoisotopic (exact) mass is 256 g/mol. The molecule has 0 atom stereocenters. The Morgan fingerprint density at radius 3 is 2.67 bits per heavy atom. The number of hydrogen-bond donors (Lipinski definition) is 0. The molecule has 1 aliphatic rings. The summed E-state index contributed by atoms with van der Waals surface area (Å²) in [6.45, 7) is 3.01. The minimum Gasteiger partial charge on any atom is -0.491 e. The highest BCUT2D eigenvalue weighted by atomic mass is 19.2. The van der Waals surface area contributed by atoms with E-state index in [1.54, 1.807) is 13.0 Å². The molecule has 0 aliphatic carbocycles. The molecule has 1 aromatic rings. The van der Waals surface area contributed by atoms with Gasteiger partial charge in [0.15, 0.2) is 17.9 Å². The number of hydrogen-bond acceptors (Lipinski definition) is 3. The Hall–Kier alpha value is -1.46. The summed E-state index contributed by atoms with van der Waals surface area (Å²) in [6.07, 6.45) is 2.49. The van der Waals surface area contributed by atoms with Gasteiger partial charge in [0.1, 0.15) is 0 Å². The quantitative estimate of drug-likeness (QED) is 0.829. The van der Waals surface area contributed by atoms with E-state index in [4.69, 9.17) is 14.2 Å². The van der Waals surface area contributed by atoms with Crippen molar-refractivity contribution in [1.82, 2.24) is 0 Å². The van der Waals surface area contributed by atoms with E-state index in [9.17, 15) is 8.78 Å². The first-order chi connectivity index (χ1) is 8.72. The number of rotatable bonds is 4. The van der Waals surface area contributed by atoms with E-state index >= 15 is 0 Å². The first-order valence-electron chi connectivity index (χ1n) is 5.74. The summed E-state index contributed by atoms with van der Waals surface area (Å²) in [5.41, 5.74) is 0.134. The minimum atomic E-state index is -0.979. The zero-order valence-corrected chi connectivity index (χ0v) is 9.99. The van der Waals surface area contributed by atoms with Crippen molar-refractivity contribution in [3.05, 3.63) is 35.4 Å². The molecule has 3 nitrogen and oxygen atoms in total. The molecular formula is C13H14F2O3. The van der Waals surface area contributed by atoms with Gasteiger partial charge < -0.3 is 14.2 Å². The molecule has 0 spiro atoms. The summed E-state index contributed by atoms with van der Waals surface area (Å²) in [5.74, 6) is -2.00.